The topological polar surface area (TPSA) is 69.0 Å². The van der Waals surface area contributed by atoms with E-state index < -0.39 is 11.5 Å². The van der Waals surface area contributed by atoms with Crippen LogP contribution in [-0.4, -0.2) is 38.1 Å². The van der Waals surface area contributed by atoms with Crippen molar-refractivity contribution in [3.05, 3.63) is 69.6 Å². The molecular weight excluding hydrogens is 358 g/mol. The van der Waals surface area contributed by atoms with Crippen molar-refractivity contribution in [2.24, 2.45) is 0 Å². The van der Waals surface area contributed by atoms with E-state index in [1.807, 2.05) is 26.0 Å². The molecule has 0 aliphatic heterocycles. The fourth-order valence-corrected chi connectivity index (χ4v) is 3.05. The summed E-state index contributed by atoms with van der Waals surface area (Å²) in [5.41, 5.74) is 1.85. The molecule has 146 valence electrons. The average molecular weight is 381 g/mol. The molecule has 1 amide bonds. The van der Waals surface area contributed by atoms with Gasteiger partial charge in [-0.1, -0.05) is 18.2 Å². The third-order valence-electron chi connectivity index (χ3n) is 4.41. The van der Waals surface area contributed by atoms with Crippen LogP contribution >= 0.6 is 0 Å². The average Bonchev–Trinajstić information content (AvgIpc) is 2.65. The molecule has 0 radical (unpaired) electrons. The Balaban J connectivity index is 1.72. The summed E-state index contributed by atoms with van der Waals surface area (Å²) in [6.45, 7) is 4.66. The minimum atomic E-state index is -0.691. The van der Waals surface area contributed by atoms with Gasteiger partial charge in [0.05, 0.1) is 13.7 Å². The Labute approximate surface area is 163 Å². The summed E-state index contributed by atoms with van der Waals surface area (Å²) in [5.74, 6) is 0.793. The zero-order valence-electron chi connectivity index (χ0n) is 16.4. The Morgan fingerprint density at radius 3 is 2.50 bits per heavy atom. The highest BCUT2D eigenvalue weighted by atomic mass is 16.5. The Morgan fingerprint density at radius 2 is 1.82 bits per heavy atom. The Hall–Kier alpha value is -3.28. The van der Waals surface area contributed by atoms with Crippen molar-refractivity contribution in [1.29, 1.82) is 0 Å². The monoisotopic (exact) mass is 381 g/mol. The molecule has 0 aliphatic carbocycles. The third-order valence-corrected chi connectivity index (χ3v) is 4.41. The Bertz CT molecular complexity index is 1050. The summed E-state index contributed by atoms with van der Waals surface area (Å²) < 4.78 is 16.3. The molecule has 2 aromatic carbocycles. The SMILES string of the molecule is COc1cccc2cc(C(=O)N(C)CCOc3cc(C)cc(C)c3)c(=O)oc12. The zero-order chi connectivity index (χ0) is 20.3. The second-order valence-corrected chi connectivity index (χ2v) is 6.72. The van der Waals surface area contributed by atoms with Crippen molar-refractivity contribution in [2.45, 2.75) is 13.8 Å². The molecule has 0 saturated heterocycles. The van der Waals surface area contributed by atoms with Gasteiger partial charge >= 0.3 is 5.63 Å². The first-order valence-electron chi connectivity index (χ1n) is 8.96. The van der Waals surface area contributed by atoms with Crippen LogP contribution in [-0.2, 0) is 0 Å². The van der Waals surface area contributed by atoms with Gasteiger partial charge in [-0.15, -0.1) is 0 Å². The van der Waals surface area contributed by atoms with E-state index in [0.29, 0.717) is 29.9 Å². The number of ether oxygens (including phenoxy) is 2. The number of rotatable bonds is 6. The number of nitrogens with zero attached hydrogens (tertiary/aromatic N) is 1. The molecule has 3 aromatic rings. The molecule has 3 rings (SSSR count). The minimum Gasteiger partial charge on any atom is -0.493 e. The molecule has 28 heavy (non-hydrogen) atoms. The van der Waals surface area contributed by atoms with Gasteiger partial charge < -0.3 is 18.8 Å². The number of hydrogen-bond acceptors (Lipinski definition) is 5. The van der Waals surface area contributed by atoms with Crippen LogP contribution in [0.2, 0.25) is 0 Å². The quantitative estimate of drug-likeness (QED) is 0.611. The summed E-state index contributed by atoms with van der Waals surface area (Å²) >= 11 is 0. The van der Waals surface area contributed by atoms with Crippen molar-refractivity contribution in [3.8, 4) is 11.5 Å². The molecule has 0 aliphatic rings. The normalized spacial score (nSPS) is 10.7. The first-order chi connectivity index (χ1) is 13.4. The molecule has 0 bridgehead atoms. The first-order valence-corrected chi connectivity index (χ1v) is 8.96. The second-order valence-electron chi connectivity index (χ2n) is 6.72. The maximum Gasteiger partial charge on any atom is 0.349 e. The number of hydrogen-bond donors (Lipinski definition) is 0. The summed E-state index contributed by atoms with van der Waals surface area (Å²) in [6.07, 6.45) is 0. The van der Waals surface area contributed by atoms with Crippen LogP contribution in [0.5, 0.6) is 11.5 Å². The van der Waals surface area contributed by atoms with Crippen LogP contribution in [0, 0.1) is 13.8 Å². The largest absolute Gasteiger partial charge is 0.493 e. The number of para-hydroxylation sites is 1. The molecule has 0 unspecified atom stereocenters. The smallest absolute Gasteiger partial charge is 0.349 e. The van der Waals surface area contributed by atoms with Gasteiger partial charge in [-0.05, 0) is 49.2 Å². The molecule has 0 saturated carbocycles. The molecule has 1 heterocycles. The van der Waals surface area contributed by atoms with Crippen molar-refractivity contribution in [2.75, 3.05) is 27.3 Å². The van der Waals surface area contributed by atoms with Gasteiger partial charge in [-0.2, -0.15) is 0 Å². The number of likely N-dealkylation sites (N-methyl/N-ethyl adjacent to an activating group) is 1. The van der Waals surface area contributed by atoms with Gasteiger partial charge in [0, 0.05) is 12.4 Å². The molecule has 0 N–H and O–H groups in total. The maximum absolute atomic E-state index is 12.7. The summed E-state index contributed by atoms with van der Waals surface area (Å²) in [6, 6.07) is 12.7. The lowest BCUT2D eigenvalue weighted by Gasteiger charge is -2.17. The van der Waals surface area contributed by atoms with Gasteiger partial charge in [-0.3, -0.25) is 4.79 Å². The number of carbonyl (C=O) groups excluding carboxylic acids is 1. The van der Waals surface area contributed by atoms with Gasteiger partial charge in [-0.25, -0.2) is 4.79 Å². The maximum atomic E-state index is 12.7. The van der Waals surface area contributed by atoms with Crippen molar-refractivity contribution in [3.63, 3.8) is 0 Å². The van der Waals surface area contributed by atoms with Crippen LogP contribution in [0.1, 0.15) is 21.5 Å². The molecule has 6 nitrogen and oxygen atoms in total. The summed E-state index contributed by atoms with van der Waals surface area (Å²) in [5, 5.41) is 0.627. The van der Waals surface area contributed by atoms with Crippen LogP contribution in [0.15, 0.2) is 51.7 Å². The van der Waals surface area contributed by atoms with Gasteiger partial charge in [0.1, 0.15) is 17.9 Å². The zero-order valence-corrected chi connectivity index (χ0v) is 16.4. The van der Waals surface area contributed by atoms with Crippen LogP contribution < -0.4 is 15.1 Å². The molecular formula is C22H23NO5. The fourth-order valence-electron chi connectivity index (χ4n) is 3.05. The molecule has 1 aromatic heterocycles. The van der Waals surface area contributed by atoms with E-state index in [9.17, 15) is 9.59 Å². The number of carbonyl (C=O) groups is 1. The third kappa shape index (κ3) is 4.17. The van der Waals surface area contributed by atoms with Gasteiger partial charge in [0.2, 0.25) is 0 Å². The van der Waals surface area contributed by atoms with Crippen molar-refractivity contribution < 1.29 is 18.7 Å². The van der Waals surface area contributed by atoms with E-state index in [4.69, 9.17) is 13.9 Å². The second kappa shape index (κ2) is 8.17. The van der Waals surface area contributed by atoms with Gasteiger partial charge in [0.15, 0.2) is 11.3 Å². The van der Waals surface area contributed by atoms with E-state index in [1.165, 1.54) is 18.1 Å². The first kappa shape index (κ1) is 19.5. The van der Waals surface area contributed by atoms with E-state index in [0.717, 1.165) is 16.9 Å². The van der Waals surface area contributed by atoms with Gasteiger partial charge in [0.25, 0.3) is 5.91 Å². The highest BCUT2D eigenvalue weighted by Gasteiger charge is 2.19. The predicted molar refractivity (Wildman–Crippen MR) is 107 cm³/mol. The lowest BCUT2D eigenvalue weighted by atomic mass is 10.1. The van der Waals surface area contributed by atoms with Crippen LogP contribution in [0.4, 0.5) is 0 Å². The standard InChI is InChI=1S/C22H23NO5/c1-14-10-15(2)12-17(11-14)27-9-8-23(3)21(24)18-13-16-6-5-7-19(26-4)20(16)28-22(18)25/h5-7,10-13H,8-9H2,1-4H3. The predicted octanol–water partition coefficient (Wildman–Crippen LogP) is 3.57. The number of benzene rings is 2. The molecule has 0 atom stereocenters. The van der Waals surface area contributed by atoms with E-state index >= 15 is 0 Å². The number of aryl methyl sites for hydroxylation is 2. The van der Waals surface area contributed by atoms with E-state index in [2.05, 4.69) is 6.07 Å². The number of amides is 1. The lowest BCUT2D eigenvalue weighted by molar-refractivity contribution is 0.0769. The van der Waals surface area contributed by atoms with Crippen LogP contribution in [0.3, 0.4) is 0 Å². The van der Waals surface area contributed by atoms with E-state index in [1.54, 1.807) is 25.2 Å². The Kier molecular flexibility index (Phi) is 5.68. The Morgan fingerprint density at radius 1 is 1.11 bits per heavy atom. The van der Waals surface area contributed by atoms with E-state index in [-0.39, 0.29) is 5.56 Å². The van der Waals surface area contributed by atoms with Crippen molar-refractivity contribution in [1.82, 2.24) is 4.90 Å². The lowest BCUT2D eigenvalue weighted by Crippen LogP contribution is -2.33. The minimum absolute atomic E-state index is 0.0188. The molecule has 6 heteroatoms. The summed E-state index contributed by atoms with van der Waals surface area (Å²) in [4.78, 5) is 26.5. The van der Waals surface area contributed by atoms with Crippen LogP contribution in [0.25, 0.3) is 11.0 Å². The highest BCUT2D eigenvalue weighted by molar-refractivity contribution is 5.97. The molecule has 0 spiro atoms. The highest BCUT2D eigenvalue weighted by Crippen LogP contribution is 2.24. The van der Waals surface area contributed by atoms with Crippen molar-refractivity contribution >= 4 is 16.9 Å². The number of fused-ring (bicyclic) bond motifs is 1. The summed E-state index contributed by atoms with van der Waals surface area (Å²) in [7, 11) is 3.12. The molecule has 0 fully saturated rings. The fraction of sp³-hybridized carbons (Fsp3) is 0.273. The number of methoxy groups -OCH3 is 1.